The summed E-state index contributed by atoms with van der Waals surface area (Å²) >= 11 is 6.20. The van der Waals surface area contributed by atoms with Crippen LogP contribution in [0.2, 0.25) is 5.02 Å². The molecule has 1 N–H and O–H groups in total. The van der Waals surface area contributed by atoms with E-state index in [9.17, 15) is 4.79 Å². The van der Waals surface area contributed by atoms with Gasteiger partial charge in [0.1, 0.15) is 0 Å². The van der Waals surface area contributed by atoms with E-state index < -0.39 is 0 Å². The molecule has 0 bridgehead atoms. The molecule has 1 aliphatic rings. The second-order valence-corrected chi connectivity index (χ2v) is 6.27. The lowest BCUT2D eigenvalue weighted by Crippen LogP contribution is -2.49. The molecule has 2 rings (SSSR count). The zero-order valence-corrected chi connectivity index (χ0v) is 13.6. The van der Waals surface area contributed by atoms with Gasteiger partial charge < -0.3 is 5.32 Å². The Balaban J connectivity index is 1.76. The maximum atomic E-state index is 11.8. The first-order valence-electron chi connectivity index (χ1n) is 7.52. The predicted molar refractivity (Wildman–Crippen MR) is 86.4 cm³/mol. The number of amides is 1. The molecule has 0 radical (unpaired) electrons. The number of halogens is 1. The van der Waals surface area contributed by atoms with Gasteiger partial charge in [-0.05, 0) is 25.5 Å². The van der Waals surface area contributed by atoms with Gasteiger partial charge in [-0.2, -0.15) is 0 Å². The molecule has 4 nitrogen and oxygen atoms in total. The molecule has 0 saturated carbocycles. The van der Waals surface area contributed by atoms with Gasteiger partial charge in [0, 0.05) is 43.8 Å². The predicted octanol–water partition coefficient (Wildman–Crippen LogP) is 1.98. The van der Waals surface area contributed by atoms with Crippen LogP contribution in [0.1, 0.15) is 19.4 Å². The summed E-state index contributed by atoms with van der Waals surface area (Å²) in [5, 5.41) is 3.77. The fraction of sp³-hybridized carbons (Fsp3) is 0.562. The van der Waals surface area contributed by atoms with Crippen molar-refractivity contribution in [3.8, 4) is 0 Å². The Kier molecular flexibility index (Phi) is 6.03. The van der Waals surface area contributed by atoms with Crippen molar-refractivity contribution in [3.05, 3.63) is 34.9 Å². The van der Waals surface area contributed by atoms with Gasteiger partial charge in [0.15, 0.2) is 0 Å². The minimum absolute atomic E-state index is 0.115. The third-order valence-electron chi connectivity index (χ3n) is 3.63. The molecule has 21 heavy (non-hydrogen) atoms. The lowest BCUT2D eigenvalue weighted by Gasteiger charge is -2.34. The van der Waals surface area contributed by atoms with Gasteiger partial charge >= 0.3 is 0 Å². The zero-order chi connectivity index (χ0) is 15.2. The number of carbonyl (C=O) groups excluding carboxylic acids is 1. The van der Waals surface area contributed by atoms with Crippen LogP contribution in [-0.4, -0.2) is 54.5 Å². The first kappa shape index (κ1) is 16.3. The van der Waals surface area contributed by atoms with E-state index in [1.807, 2.05) is 32.0 Å². The van der Waals surface area contributed by atoms with E-state index in [0.717, 1.165) is 37.7 Å². The molecule has 1 aromatic rings. The molecule has 1 saturated heterocycles. The first-order chi connectivity index (χ1) is 10.0. The maximum absolute atomic E-state index is 11.8. The van der Waals surface area contributed by atoms with Crippen molar-refractivity contribution in [2.24, 2.45) is 0 Å². The Hall–Kier alpha value is -1.10. The minimum atomic E-state index is 0.115. The van der Waals surface area contributed by atoms with Crippen LogP contribution in [0.4, 0.5) is 0 Å². The topological polar surface area (TPSA) is 35.6 Å². The molecule has 1 heterocycles. The van der Waals surface area contributed by atoms with Crippen LogP contribution in [-0.2, 0) is 11.3 Å². The highest BCUT2D eigenvalue weighted by Crippen LogP contribution is 2.17. The van der Waals surface area contributed by atoms with E-state index in [0.29, 0.717) is 6.54 Å². The van der Waals surface area contributed by atoms with Crippen molar-refractivity contribution in [2.75, 3.05) is 32.7 Å². The van der Waals surface area contributed by atoms with Crippen LogP contribution in [0.25, 0.3) is 0 Å². The molecule has 0 unspecified atom stereocenters. The third kappa shape index (κ3) is 5.30. The lowest BCUT2D eigenvalue weighted by atomic mass is 10.2. The molecule has 1 amide bonds. The van der Waals surface area contributed by atoms with Gasteiger partial charge in [-0.1, -0.05) is 29.8 Å². The zero-order valence-electron chi connectivity index (χ0n) is 12.8. The Morgan fingerprint density at radius 3 is 2.43 bits per heavy atom. The molecule has 0 spiro atoms. The summed E-state index contributed by atoms with van der Waals surface area (Å²) in [6.07, 6.45) is 0. The Labute approximate surface area is 132 Å². The number of benzene rings is 1. The summed E-state index contributed by atoms with van der Waals surface area (Å²) in [7, 11) is 0. The number of piperazine rings is 1. The van der Waals surface area contributed by atoms with Crippen LogP contribution in [0.5, 0.6) is 0 Å². The molecule has 1 fully saturated rings. The molecule has 0 aromatic heterocycles. The summed E-state index contributed by atoms with van der Waals surface area (Å²) in [6.45, 7) is 9.15. The summed E-state index contributed by atoms with van der Waals surface area (Å²) in [4.78, 5) is 16.4. The van der Waals surface area contributed by atoms with Crippen LogP contribution in [0, 0.1) is 0 Å². The van der Waals surface area contributed by atoms with E-state index in [2.05, 4.69) is 21.2 Å². The van der Waals surface area contributed by atoms with Crippen molar-refractivity contribution in [3.63, 3.8) is 0 Å². The molecule has 0 aliphatic carbocycles. The fourth-order valence-corrected chi connectivity index (χ4v) is 2.74. The van der Waals surface area contributed by atoms with Crippen molar-refractivity contribution in [2.45, 2.75) is 26.4 Å². The minimum Gasteiger partial charge on any atom is -0.353 e. The summed E-state index contributed by atoms with van der Waals surface area (Å²) < 4.78 is 0. The molecule has 0 atom stereocenters. The second-order valence-electron chi connectivity index (χ2n) is 5.87. The SMILES string of the molecule is CC(C)NC(=O)CN1CCN(Cc2ccccc2Cl)CC1. The summed E-state index contributed by atoms with van der Waals surface area (Å²) in [5.74, 6) is 0.115. The highest BCUT2D eigenvalue weighted by Gasteiger charge is 2.19. The smallest absolute Gasteiger partial charge is 0.234 e. The van der Waals surface area contributed by atoms with Gasteiger partial charge in [-0.3, -0.25) is 14.6 Å². The molecule has 5 heteroatoms. The van der Waals surface area contributed by atoms with E-state index >= 15 is 0 Å². The average molecular weight is 310 g/mol. The molecule has 116 valence electrons. The standard InChI is InChI=1S/C16H24ClN3O/c1-13(2)18-16(21)12-20-9-7-19(8-10-20)11-14-5-3-4-6-15(14)17/h3-6,13H,7-12H2,1-2H3,(H,18,21). The van der Waals surface area contributed by atoms with E-state index in [1.54, 1.807) is 0 Å². The Morgan fingerprint density at radius 2 is 1.81 bits per heavy atom. The first-order valence-corrected chi connectivity index (χ1v) is 7.90. The van der Waals surface area contributed by atoms with Crippen LogP contribution < -0.4 is 5.32 Å². The Bertz CT molecular complexity index is 470. The van der Waals surface area contributed by atoms with Crippen molar-refractivity contribution >= 4 is 17.5 Å². The number of carbonyl (C=O) groups is 1. The number of nitrogens with zero attached hydrogens (tertiary/aromatic N) is 2. The fourth-order valence-electron chi connectivity index (χ4n) is 2.54. The normalized spacial score (nSPS) is 17.1. The summed E-state index contributed by atoms with van der Waals surface area (Å²) in [5.41, 5.74) is 1.17. The second kappa shape index (κ2) is 7.78. The molecule has 1 aromatic carbocycles. The van der Waals surface area contributed by atoms with Crippen molar-refractivity contribution in [1.29, 1.82) is 0 Å². The van der Waals surface area contributed by atoms with Gasteiger partial charge in [-0.25, -0.2) is 0 Å². The maximum Gasteiger partial charge on any atom is 0.234 e. The Morgan fingerprint density at radius 1 is 1.19 bits per heavy atom. The monoisotopic (exact) mass is 309 g/mol. The van der Waals surface area contributed by atoms with Crippen LogP contribution in [0.15, 0.2) is 24.3 Å². The molecule has 1 aliphatic heterocycles. The van der Waals surface area contributed by atoms with Gasteiger partial charge in [0.25, 0.3) is 0 Å². The van der Waals surface area contributed by atoms with Crippen LogP contribution in [0.3, 0.4) is 0 Å². The van der Waals surface area contributed by atoms with Crippen molar-refractivity contribution < 1.29 is 4.79 Å². The average Bonchev–Trinajstić information content (AvgIpc) is 2.42. The highest BCUT2D eigenvalue weighted by atomic mass is 35.5. The van der Waals surface area contributed by atoms with E-state index in [4.69, 9.17) is 11.6 Å². The highest BCUT2D eigenvalue weighted by molar-refractivity contribution is 6.31. The van der Waals surface area contributed by atoms with Gasteiger partial charge in [0.2, 0.25) is 5.91 Å². The lowest BCUT2D eigenvalue weighted by molar-refractivity contribution is -0.123. The van der Waals surface area contributed by atoms with E-state index in [-0.39, 0.29) is 11.9 Å². The summed E-state index contributed by atoms with van der Waals surface area (Å²) in [6, 6.07) is 8.19. The quantitative estimate of drug-likeness (QED) is 0.903. The third-order valence-corrected chi connectivity index (χ3v) is 4.00. The van der Waals surface area contributed by atoms with E-state index in [1.165, 1.54) is 5.56 Å². The molecular formula is C16H24ClN3O. The van der Waals surface area contributed by atoms with Crippen LogP contribution >= 0.6 is 11.6 Å². The number of rotatable bonds is 5. The van der Waals surface area contributed by atoms with Gasteiger partial charge in [0.05, 0.1) is 6.54 Å². The number of hydrogen-bond donors (Lipinski definition) is 1. The largest absolute Gasteiger partial charge is 0.353 e. The number of nitrogens with one attached hydrogen (secondary N) is 1. The van der Waals surface area contributed by atoms with Crippen molar-refractivity contribution in [1.82, 2.24) is 15.1 Å². The van der Waals surface area contributed by atoms with Gasteiger partial charge in [-0.15, -0.1) is 0 Å². The molecular weight excluding hydrogens is 286 g/mol. The number of hydrogen-bond acceptors (Lipinski definition) is 3.